The second kappa shape index (κ2) is 16.0. The van der Waals surface area contributed by atoms with E-state index in [0.717, 1.165) is 19.3 Å². The summed E-state index contributed by atoms with van der Waals surface area (Å²) < 4.78 is 35.1. The van der Waals surface area contributed by atoms with E-state index in [-0.39, 0.29) is 52.7 Å². The summed E-state index contributed by atoms with van der Waals surface area (Å²) in [6.45, 7) is 12.2. The zero-order valence-corrected chi connectivity index (χ0v) is 25.0. The summed E-state index contributed by atoms with van der Waals surface area (Å²) in [5, 5.41) is 0.692. The molecule has 7 nitrogen and oxygen atoms in total. The first-order valence-corrected chi connectivity index (χ1v) is 13.5. The van der Waals surface area contributed by atoms with Crippen molar-refractivity contribution in [1.29, 1.82) is 0 Å². The average molecular weight is 529 g/mol. The van der Waals surface area contributed by atoms with Crippen molar-refractivity contribution in [1.82, 2.24) is 0 Å². The van der Waals surface area contributed by atoms with Crippen LogP contribution in [0.3, 0.4) is 0 Å². The van der Waals surface area contributed by atoms with Crippen LogP contribution in [-0.4, -0.2) is 45.2 Å². The Labute approximate surface area is 237 Å². The van der Waals surface area contributed by atoms with Crippen LogP contribution in [0, 0.1) is 0 Å². The average Bonchev–Trinajstić information content (AvgIpc) is 2.88. The first kappa shape index (κ1) is 33.0. The number of carbonyl (C=O) groups is 1. The quantitative estimate of drug-likeness (QED) is 0.259. The Balaban J connectivity index is 0.00000684. The number of carbonyl (C=O) groups excluding carboxylic acids is 1. The molecule has 2 aromatic carbocycles. The number of ether oxygens (including phenoxy) is 6. The summed E-state index contributed by atoms with van der Waals surface area (Å²) in [5.41, 5.74) is 0.188. The van der Waals surface area contributed by atoms with Crippen LogP contribution in [0.5, 0.6) is 34.5 Å². The Morgan fingerprint density at radius 3 is 1.49 bits per heavy atom. The molecule has 0 spiro atoms. The minimum absolute atomic E-state index is 0. The molecule has 2 aromatic rings. The normalized spacial score (nSPS) is 13.3. The van der Waals surface area contributed by atoms with Crippen LogP contribution in [0.25, 0.3) is 0 Å². The minimum Gasteiger partial charge on any atom is -1.00 e. The summed E-state index contributed by atoms with van der Waals surface area (Å²) >= 11 is 0. The number of hydrogen-bond donors (Lipinski definition) is 0. The SMILES string of the molecule is CCC(C)Oc1cc(OC(C)CC)c(PC(=O)c2c(OC)cc(OC)cc2OC)c(OC(C)CC)c1.[H-].[Li+]. The molecule has 0 fully saturated rings. The molecule has 0 aliphatic rings. The Morgan fingerprint density at radius 1 is 0.703 bits per heavy atom. The fourth-order valence-corrected chi connectivity index (χ4v) is 4.37. The summed E-state index contributed by atoms with van der Waals surface area (Å²) in [6.07, 6.45) is 2.42. The Morgan fingerprint density at radius 2 is 1.11 bits per heavy atom. The van der Waals surface area contributed by atoms with Crippen LogP contribution in [-0.2, 0) is 0 Å². The van der Waals surface area contributed by atoms with Gasteiger partial charge in [0.05, 0.1) is 44.9 Å². The molecule has 4 atom stereocenters. The minimum atomic E-state index is -0.301. The predicted molar refractivity (Wildman–Crippen MR) is 147 cm³/mol. The van der Waals surface area contributed by atoms with Crippen molar-refractivity contribution in [2.24, 2.45) is 0 Å². The van der Waals surface area contributed by atoms with E-state index in [2.05, 4.69) is 20.8 Å². The molecule has 0 saturated carbocycles. The smallest absolute Gasteiger partial charge is 1.00 e. The van der Waals surface area contributed by atoms with Gasteiger partial charge in [-0.2, -0.15) is 0 Å². The molecule has 0 N–H and O–H groups in total. The van der Waals surface area contributed by atoms with Gasteiger partial charge >= 0.3 is 18.9 Å². The molecule has 0 bridgehead atoms. The maximum atomic E-state index is 13.8. The maximum Gasteiger partial charge on any atom is 1.00 e. The topological polar surface area (TPSA) is 72.5 Å². The van der Waals surface area contributed by atoms with Gasteiger partial charge in [-0.15, -0.1) is 0 Å². The maximum absolute atomic E-state index is 13.8. The number of rotatable bonds is 15. The van der Waals surface area contributed by atoms with Gasteiger partial charge in [0.25, 0.3) is 0 Å². The summed E-state index contributed by atoms with van der Waals surface area (Å²) in [6, 6.07) is 7.08. The van der Waals surface area contributed by atoms with Crippen LogP contribution < -0.4 is 52.6 Å². The van der Waals surface area contributed by atoms with Crippen molar-refractivity contribution >= 4 is 19.4 Å². The van der Waals surface area contributed by atoms with Crippen LogP contribution in [0.4, 0.5) is 0 Å². The van der Waals surface area contributed by atoms with Gasteiger partial charge in [-0.05, 0) is 48.6 Å². The van der Waals surface area contributed by atoms with E-state index in [1.807, 2.05) is 32.9 Å². The second-order valence-corrected chi connectivity index (χ2v) is 9.87. The molecule has 0 aliphatic heterocycles. The standard InChI is InChI=1S/C28H41O7P.Li.H/c1-10-17(4)33-21-15-24(34-18(5)11-2)27(25(16-21)35-19(6)12-3)36-28(29)26-22(31-8)13-20(30-7)14-23(26)32-9;;/h13-19,36H,10-12H2,1-9H3;;/q;+1;-1. The number of benzene rings is 2. The van der Waals surface area contributed by atoms with Gasteiger partial charge in [0.15, 0.2) is 5.52 Å². The molecule has 37 heavy (non-hydrogen) atoms. The number of hydrogen-bond acceptors (Lipinski definition) is 7. The van der Waals surface area contributed by atoms with Crippen molar-refractivity contribution < 1.29 is 53.5 Å². The molecule has 9 heteroatoms. The third-order valence-electron chi connectivity index (χ3n) is 5.94. The van der Waals surface area contributed by atoms with E-state index in [1.165, 1.54) is 14.2 Å². The van der Waals surface area contributed by atoms with Gasteiger partial charge in [-0.1, -0.05) is 20.8 Å². The van der Waals surface area contributed by atoms with E-state index < -0.39 is 0 Å². The summed E-state index contributed by atoms with van der Waals surface area (Å²) in [4.78, 5) is 13.8. The predicted octanol–water partition coefficient (Wildman–Crippen LogP) is 3.51. The molecule has 0 saturated heterocycles. The van der Waals surface area contributed by atoms with Gasteiger partial charge in [0.2, 0.25) is 0 Å². The van der Waals surface area contributed by atoms with Crippen LogP contribution in [0.1, 0.15) is 72.6 Å². The van der Waals surface area contributed by atoms with E-state index in [1.54, 1.807) is 19.2 Å². The molecule has 0 heterocycles. The fraction of sp³-hybridized carbons (Fsp3) is 0.536. The van der Waals surface area contributed by atoms with E-state index in [9.17, 15) is 4.79 Å². The van der Waals surface area contributed by atoms with Crippen molar-refractivity contribution in [2.45, 2.75) is 79.1 Å². The molecule has 0 radical (unpaired) electrons. The molecule has 0 aromatic heterocycles. The van der Waals surface area contributed by atoms with Gasteiger partial charge in [-0.25, -0.2) is 0 Å². The van der Waals surface area contributed by atoms with Crippen LogP contribution in [0.2, 0.25) is 0 Å². The largest absolute Gasteiger partial charge is 1.00 e. The van der Waals surface area contributed by atoms with Crippen molar-refractivity contribution in [2.75, 3.05) is 21.3 Å². The first-order valence-electron chi connectivity index (χ1n) is 12.5. The molecule has 4 unspecified atom stereocenters. The third kappa shape index (κ3) is 9.02. The van der Waals surface area contributed by atoms with Gasteiger partial charge in [0, 0.05) is 24.3 Å². The fourth-order valence-electron chi connectivity index (χ4n) is 3.26. The van der Waals surface area contributed by atoms with E-state index in [0.29, 0.717) is 45.4 Å². The summed E-state index contributed by atoms with van der Waals surface area (Å²) in [7, 11) is 4.29. The molecule has 2 rings (SSSR count). The Bertz CT molecular complexity index is 963. The van der Waals surface area contributed by atoms with E-state index >= 15 is 0 Å². The van der Waals surface area contributed by atoms with Crippen LogP contribution in [0.15, 0.2) is 24.3 Å². The zero-order valence-electron chi connectivity index (χ0n) is 25.0. The molecular formula is C28H42LiO7P. The summed E-state index contributed by atoms with van der Waals surface area (Å²) in [5.74, 6) is 3.13. The molecular weight excluding hydrogens is 486 g/mol. The molecule has 202 valence electrons. The monoisotopic (exact) mass is 528 g/mol. The van der Waals surface area contributed by atoms with Crippen molar-refractivity contribution in [3.05, 3.63) is 29.8 Å². The third-order valence-corrected chi connectivity index (χ3v) is 7.16. The molecule has 0 amide bonds. The van der Waals surface area contributed by atoms with Gasteiger partial charge < -0.3 is 29.8 Å². The van der Waals surface area contributed by atoms with E-state index in [4.69, 9.17) is 28.4 Å². The Kier molecular flexibility index (Phi) is 14.3. The first-order chi connectivity index (χ1) is 17.2. The number of methoxy groups -OCH3 is 3. The van der Waals surface area contributed by atoms with Gasteiger partial charge in [0.1, 0.15) is 40.1 Å². The van der Waals surface area contributed by atoms with Gasteiger partial charge in [-0.3, -0.25) is 4.79 Å². The zero-order chi connectivity index (χ0) is 26.8. The van der Waals surface area contributed by atoms with Crippen LogP contribution >= 0.6 is 8.58 Å². The second-order valence-electron chi connectivity index (χ2n) is 8.67. The van der Waals surface area contributed by atoms with Crippen molar-refractivity contribution in [3.63, 3.8) is 0 Å². The Hall–Kier alpha value is -2.06. The van der Waals surface area contributed by atoms with Crippen molar-refractivity contribution in [3.8, 4) is 34.5 Å². The molecule has 0 aliphatic carbocycles.